The second-order valence-corrected chi connectivity index (χ2v) is 6.51. The van der Waals surface area contributed by atoms with Crippen molar-refractivity contribution in [1.82, 2.24) is 0 Å². The number of fused-ring (bicyclic) bond motifs is 1. The third-order valence-electron chi connectivity index (χ3n) is 4.39. The Hall–Kier alpha value is -1.60. The van der Waals surface area contributed by atoms with Crippen molar-refractivity contribution >= 4 is 0 Å². The van der Waals surface area contributed by atoms with Crippen molar-refractivity contribution in [1.29, 1.82) is 0 Å². The molecule has 3 rings (SSSR count). The van der Waals surface area contributed by atoms with Crippen LogP contribution in [0.4, 0.5) is 0 Å². The van der Waals surface area contributed by atoms with Crippen LogP contribution in [-0.4, -0.2) is 11.2 Å². The van der Waals surface area contributed by atoms with E-state index in [1.54, 1.807) is 0 Å². The van der Waals surface area contributed by atoms with E-state index in [0.29, 0.717) is 0 Å². The lowest BCUT2D eigenvalue weighted by molar-refractivity contribution is 0.175. The van der Waals surface area contributed by atoms with Gasteiger partial charge >= 0.3 is 0 Å². The second-order valence-electron chi connectivity index (χ2n) is 6.51. The van der Waals surface area contributed by atoms with Crippen molar-refractivity contribution in [2.45, 2.75) is 52.1 Å². The first kappa shape index (κ1) is 14.3. The van der Waals surface area contributed by atoms with E-state index >= 15 is 0 Å². The average Bonchev–Trinajstić information content (AvgIpc) is 2.84. The highest BCUT2D eigenvalue weighted by atomic mass is 16.3. The molecule has 21 heavy (non-hydrogen) atoms. The molecule has 0 saturated heterocycles. The van der Waals surface area contributed by atoms with E-state index in [2.05, 4.69) is 50.2 Å². The normalized spacial score (nSPS) is 15.0. The Labute approximate surface area is 127 Å². The number of aliphatic hydroxyl groups excluding tert-OH is 1. The van der Waals surface area contributed by atoms with Gasteiger partial charge in [-0.25, -0.2) is 0 Å². The van der Waals surface area contributed by atoms with Crippen molar-refractivity contribution in [3.8, 4) is 0 Å². The lowest BCUT2D eigenvalue weighted by Gasteiger charge is -2.13. The molecule has 0 aromatic heterocycles. The van der Waals surface area contributed by atoms with Crippen LogP contribution in [0.5, 0.6) is 0 Å². The van der Waals surface area contributed by atoms with E-state index in [1.165, 1.54) is 52.6 Å². The molecule has 0 amide bonds. The molecule has 1 unspecified atom stereocenters. The van der Waals surface area contributed by atoms with Gasteiger partial charge in [-0.2, -0.15) is 0 Å². The number of hydrogen-bond acceptors (Lipinski definition) is 1. The van der Waals surface area contributed by atoms with Crippen LogP contribution in [-0.2, 0) is 25.7 Å². The van der Waals surface area contributed by atoms with Crippen molar-refractivity contribution in [2.75, 3.05) is 0 Å². The van der Waals surface area contributed by atoms with Crippen LogP contribution in [0, 0.1) is 13.8 Å². The molecular weight excluding hydrogens is 256 g/mol. The molecule has 0 saturated carbocycles. The molecule has 2 aromatic carbocycles. The van der Waals surface area contributed by atoms with Crippen LogP contribution >= 0.6 is 0 Å². The third-order valence-corrected chi connectivity index (χ3v) is 4.39. The zero-order valence-electron chi connectivity index (χ0n) is 13.0. The smallest absolute Gasteiger partial charge is 0.0620 e. The highest BCUT2D eigenvalue weighted by Gasteiger charge is 2.13. The summed E-state index contributed by atoms with van der Waals surface area (Å²) in [5, 5.41) is 10.4. The first-order valence-corrected chi connectivity index (χ1v) is 7.96. The first-order chi connectivity index (χ1) is 10.1. The van der Waals surface area contributed by atoms with Gasteiger partial charge in [-0.3, -0.25) is 0 Å². The summed E-state index contributed by atoms with van der Waals surface area (Å²) in [6.45, 7) is 4.23. The van der Waals surface area contributed by atoms with Gasteiger partial charge in [0.15, 0.2) is 0 Å². The van der Waals surface area contributed by atoms with Gasteiger partial charge in [0.1, 0.15) is 0 Å². The van der Waals surface area contributed by atoms with Gasteiger partial charge in [-0.1, -0.05) is 47.5 Å². The fourth-order valence-corrected chi connectivity index (χ4v) is 3.56. The first-order valence-electron chi connectivity index (χ1n) is 7.96. The standard InChI is InChI=1S/C20H24O/c1-14-8-15(2)10-17(9-14)13-20(21)12-16-6-7-18-4-3-5-19(18)11-16/h6-11,20-21H,3-5,12-13H2,1-2H3. The van der Waals surface area contributed by atoms with Crippen LogP contribution in [0.3, 0.4) is 0 Å². The van der Waals surface area contributed by atoms with Crippen LogP contribution < -0.4 is 0 Å². The van der Waals surface area contributed by atoms with Crippen LogP contribution in [0.1, 0.15) is 39.8 Å². The predicted octanol–water partition coefficient (Wildman–Crippen LogP) is 3.94. The van der Waals surface area contributed by atoms with E-state index in [1.807, 2.05) is 0 Å². The maximum Gasteiger partial charge on any atom is 0.0620 e. The summed E-state index contributed by atoms with van der Waals surface area (Å²) in [7, 11) is 0. The van der Waals surface area contributed by atoms with Gasteiger partial charge in [0.25, 0.3) is 0 Å². The minimum atomic E-state index is -0.300. The Balaban J connectivity index is 1.67. The highest BCUT2D eigenvalue weighted by Crippen LogP contribution is 2.23. The van der Waals surface area contributed by atoms with E-state index in [0.717, 1.165) is 12.8 Å². The summed E-state index contributed by atoms with van der Waals surface area (Å²) in [5.41, 5.74) is 8.05. The molecule has 0 heterocycles. The van der Waals surface area contributed by atoms with Gasteiger partial charge in [0.05, 0.1) is 6.10 Å². The zero-order valence-corrected chi connectivity index (χ0v) is 13.0. The molecule has 0 bridgehead atoms. The largest absolute Gasteiger partial charge is 0.392 e. The monoisotopic (exact) mass is 280 g/mol. The quantitative estimate of drug-likeness (QED) is 0.899. The van der Waals surface area contributed by atoms with Crippen molar-refractivity contribution in [3.05, 3.63) is 69.8 Å². The van der Waals surface area contributed by atoms with Gasteiger partial charge in [-0.05, 0) is 68.2 Å². The minimum absolute atomic E-state index is 0.300. The summed E-state index contributed by atoms with van der Waals surface area (Å²) in [5.74, 6) is 0. The van der Waals surface area contributed by atoms with Crippen LogP contribution in [0.25, 0.3) is 0 Å². The Morgan fingerprint density at radius 3 is 2.29 bits per heavy atom. The molecule has 1 heteroatoms. The molecule has 1 N–H and O–H groups in total. The Morgan fingerprint density at radius 2 is 1.52 bits per heavy atom. The van der Waals surface area contributed by atoms with Crippen LogP contribution in [0.15, 0.2) is 36.4 Å². The molecular formula is C20H24O. The van der Waals surface area contributed by atoms with Crippen molar-refractivity contribution in [2.24, 2.45) is 0 Å². The number of hydrogen-bond donors (Lipinski definition) is 1. The summed E-state index contributed by atoms with van der Waals surface area (Å²) in [4.78, 5) is 0. The Kier molecular flexibility index (Phi) is 4.12. The molecule has 1 aliphatic rings. The Bertz CT molecular complexity index is 622. The third kappa shape index (κ3) is 3.54. The topological polar surface area (TPSA) is 20.2 Å². The summed E-state index contributed by atoms with van der Waals surface area (Å²) < 4.78 is 0. The lowest BCUT2D eigenvalue weighted by atomic mass is 9.97. The molecule has 1 nitrogen and oxygen atoms in total. The number of rotatable bonds is 4. The second kappa shape index (κ2) is 6.03. The maximum absolute atomic E-state index is 10.4. The molecule has 2 aromatic rings. The highest BCUT2D eigenvalue weighted by molar-refractivity contribution is 5.36. The SMILES string of the molecule is Cc1cc(C)cc(CC(O)Cc2ccc3c(c2)CCC3)c1. The van der Waals surface area contributed by atoms with Crippen LogP contribution in [0.2, 0.25) is 0 Å². The molecule has 1 aliphatic carbocycles. The summed E-state index contributed by atoms with van der Waals surface area (Å²) in [6, 6.07) is 13.3. The van der Waals surface area contributed by atoms with Crippen molar-refractivity contribution < 1.29 is 5.11 Å². The lowest BCUT2D eigenvalue weighted by Crippen LogP contribution is -2.14. The van der Waals surface area contributed by atoms with Gasteiger partial charge in [0, 0.05) is 0 Å². The number of aliphatic hydroxyl groups is 1. The van der Waals surface area contributed by atoms with Gasteiger partial charge in [0.2, 0.25) is 0 Å². The maximum atomic E-state index is 10.4. The molecule has 0 fully saturated rings. The molecule has 110 valence electrons. The fraction of sp³-hybridized carbons (Fsp3) is 0.400. The van der Waals surface area contributed by atoms with Crippen molar-refractivity contribution in [3.63, 3.8) is 0 Å². The van der Waals surface area contributed by atoms with Gasteiger partial charge < -0.3 is 5.11 Å². The summed E-state index contributed by atoms with van der Waals surface area (Å²) >= 11 is 0. The Morgan fingerprint density at radius 1 is 0.857 bits per heavy atom. The minimum Gasteiger partial charge on any atom is -0.392 e. The predicted molar refractivity (Wildman–Crippen MR) is 87.8 cm³/mol. The number of aryl methyl sites for hydroxylation is 4. The average molecular weight is 280 g/mol. The molecule has 0 aliphatic heterocycles. The number of benzene rings is 2. The van der Waals surface area contributed by atoms with E-state index in [4.69, 9.17) is 0 Å². The fourth-order valence-electron chi connectivity index (χ4n) is 3.56. The molecule has 0 spiro atoms. The van der Waals surface area contributed by atoms with E-state index in [9.17, 15) is 5.11 Å². The van der Waals surface area contributed by atoms with Gasteiger partial charge in [-0.15, -0.1) is 0 Å². The summed E-state index contributed by atoms with van der Waals surface area (Å²) in [6.07, 6.45) is 4.89. The van der Waals surface area contributed by atoms with E-state index in [-0.39, 0.29) is 6.10 Å². The molecule has 1 atom stereocenters. The zero-order chi connectivity index (χ0) is 14.8. The van der Waals surface area contributed by atoms with E-state index < -0.39 is 0 Å². The molecule has 0 radical (unpaired) electrons.